The van der Waals surface area contributed by atoms with Gasteiger partial charge in [0.2, 0.25) is 5.91 Å². The van der Waals surface area contributed by atoms with Gasteiger partial charge in [-0.15, -0.1) is 0 Å². The molecule has 0 bridgehead atoms. The number of fused-ring (bicyclic) bond motifs is 1. The highest BCUT2D eigenvalue weighted by Crippen LogP contribution is 2.35. The average Bonchev–Trinajstić information content (AvgIpc) is 2.96. The third-order valence-corrected chi connectivity index (χ3v) is 3.86. The zero-order chi connectivity index (χ0) is 12.7. The molecule has 0 spiro atoms. The summed E-state index contributed by atoms with van der Waals surface area (Å²) in [5, 5.41) is 3.32. The fraction of sp³-hybridized carbons (Fsp3) is 0.462. The van der Waals surface area contributed by atoms with Gasteiger partial charge in [-0.05, 0) is 30.0 Å². The Balaban J connectivity index is 1.91. The number of benzene rings is 1. The van der Waals surface area contributed by atoms with Crippen LogP contribution in [0.3, 0.4) is 0 Å². The van der Waals surface area contributed by atoms with Gasteiger partial charge >= 0.3 is 0 Å². The van der Waals surface area contributed by atoms with E-state index in [2.05, 4.69) is 5.32 Å². The maximum absolute atomic E-state index is 11.4. The summed E-state index contributed by atoms with van der Waals surface area (Å²) in [5.41, 5.74) is 8.81. The molecule has 18 heavy (non-hydrogen) atoms. The van der Waals surface area contributed by atoms with Crippen LogP contribution in [0.5, 0.6) is 0 Å². The van der Waals surface area contributed by atoms with Gasteiger partial charge in [0, 0.05) is 6.61 Å². The molecule has 2 aliphatic heterocycles. The molecule has 1 aromatic rings. The lowest BCUT2D eigenvalue weighted by Crippen LogP contribution is -2.25. The molecule has 4 nitrogen and oxygen atoms in total. The van der Waals surface area contributed by atoms with Gasteiger partial charge in [0.15, 0.2) is 0 Å². The highest BCUT2D eigenvalue weighted by molar-refractivity contribution is 6.34. The van der Waals surface area contributed by atoms with Gasteiger partial charge in [0.25, 0.3) is 0 Å². The third kappa shape index (κ3) is 2.00. The Morgan fingerprint density at radius 2 is 2.33 bits per heavy atom. The van der Waals surface area contributed by atoms with E-state index in [1.54, 1.807) is 0 Å². The van der Waals surface area contributed by atoms with Crippen LogP contribution in [0.15, 0.2) is 12.1 Å². The first-order valence-electron chi connectivity index (χ1n) is 6.14. The molecule has 3 N–H and O–H groups in total. The Bertz CT molecular complexity index is 498. The van der Waals surface area contributed by atoms with Crippen molar-refractivity contribution in [3.05, 3.63) is 28.3 Å². The molecule has 2 aliphatic rings. The number of halogens is 1. The summed E-state index contributed by atoms with van der Waals surface area (Å²) < 4.78 is 5.60. The van der Waals surface area contributed by atoms with Crippen molar-refractivity contribution in [2.75, 3.05) is 11.9 Å². The van der Waals surface area contributed by atoms with E-state index >= 15 is 0 Å². The highest BCUT2D eigenvalue weighted by Gasteiger charge is 2.27. The average molecular weight is 267 g/mol. The molecule has 0 aromatic heterocycles. The van der Waals surface area contributed by atoms with Gasteiger partial charge in [-0.25, -0.2) is 0 Å². The standard InChI is InChI=1S/C13H15ClN2O2/c14-9-5-7(12(15)10-2-1-3-18-10)4-8-6-11(17)16-13(8)9/h4-5,10,12H,1-3,6,15H2,(H,16,17). The molecule has 1 amide bonds. The fourth-order valence-electron chi connectivity index (χ4n) is 2.62. The number of ether oxygens (including phenoxy) is 1. The molecule has 1 saturated heterocycles. The van der Waals surface area contributed by atoms with E-state index in [0.717, 1.165) is 36.3 Å². The fourth-order valence-corrected chi connectivity index (χ4v) is 2.91. The van der Waals surface area contributed by atoms with Crippen molar-refractivity contribution in [1.82, 2.24) is 0 Å². The monoisotopic (exact) mass is 266 g/mol. The minimum atomic E-state index is -0.175. The predicted molar refractivity (Wildman–Crippen MR) is 69.7 cm³/mol. The van der Waals surface area contributed by atoms with Crippen molar-refractivity contribution in [1.29, 1.82) is 0 Å². The lowest BCUT2D eigenvalue weighted by atomic mass is 9.97. The van der Waals surface area contributed by atoms with E-state index in [1.807, 2.05) is 12.1 Å². The van der Waals surface area contributed by atoms with Crippen LogP contribution < -0.4 is 11.1 Å². The minimum Gasteiger partial charge on any atom is -0.376 e. The van der Waals surface area contributed by atoms with Crippen LogP contribution in [0.25, 0.3) is 0 Å². The van der Waals surface area contributed by atoms with Crippen molar-refractivity contribution < 1.29 is 9.53 Å². The van der Waals surface area contributed by atoms with Crippen LogP contribution in [-0.4, -0.2) is 18.6 Å². The molecular weight excluding hydrogens is 252 g/mol. The quantitative estimate of drug-likeness (QED) is 0.861. The SMILES string of the molecule is NC(c1cc(Cl)c2c(c1)CC(=O)N2)C1CCCO1. The molecule has 5 heteroatoms. The summed E-state index contributed by atoms with van der Waals surface area (Å²) in [7, 11) is 0. The van der Waals surface area contributed by atoms with Crippen molar-refractivity contribution in [3.8, 4) is 0 Å². The normalized spacial score (nSPS) is 23.9. The molecule has 2 unspecified atom stereocenters. The Morgan fingerprint density at radius 1 is 1.50 bits per heavy atom. The molecule has 2 heterocycles. The van der Waals surface area contributed by atoms with Crippen molar-refractivity contribution >= 4 is 23.2 Å². The molecular formula is C13H15ClN2O2. The molecule has 2 atom stereocenters. The first-order chi connectivity index (χ1) is 8.65. The maximum atomic E-state index is 11.4. The van der Waals surface area contributed by atoms with Gasteiger partial charge in [-0.1, -0.05) is 17.7 Å². The van der Waals surface area contributed by atoms with Gasteiger partial charge in [-0.3, -0.25) is 4.79 Å². The smallest absolute Gasteiger partial charge is 0.228 e. The van der Waals surface area contributed by atoms with Crippen LogP contribution in [0.1, 0.15) is 30.0 Å². The number of nitrogens with two attached hydrogens (primary N) is 1. The summed E-state index contributed by atoms with van der Waals surface area (Å²) in [5.74, 6) is -0.0188. The zero-order valence-corrected chi connectivity index (χ0v) is 10.7. The molecule has 0 aliphatic carbocycles. The molecule has 0 saturated carbocycles. The molecule has 3 rings (SSSR count). The number of carbonyl (C=O) groups is 1. The van der Waals surface area contributed by atoms with Gasteiger partial charge < -0.3 is 15.8 Å². The first-order valence-corrected chi connectivity index (χ1v) is 6.52. The third-order valence-electron chi connectivity index (χ3n) is 3.56. The summed E-state index contributed by atoms with van der Waals surface area (Å²) in [6.07, 6.45) is 2.47. The number of amides is 1. The predicted octanol–water partition coefficient (Wildman–Crippen LogP) is 2.01. The Labute approximate surface area is 110 Å². The molecule has 0 radical (unpaired) electrons. The Kier molecular flexibility index (Phi) is 3.01. The summed E-state index contributed by atoms with van der Waals surface area (Å²) in [6, 6.07) is 3.62. The summed E-state index contributed by atoms with van der Waals surface area (Å²) >= 11 is 6.18. The minimum absolute atomic E-state index is 0.0188. The second kappa shape index (κ2) is 4.53. The topological polar surface area (TPSA) is 64.4 Å². The molecule has 1 fully saturated rings. The van der Waals surface area contributed by atoms with Crippen molar-refractivity contribution in [2.24, 2.45) is 5.73 Å². The van der Waals surface area contributed by atoms with E-state index in [0.29, 0.717) is 11.4 Å². The lowest BCUT2D eigenvalue weighted by Gasteiger charge is -2.20. The largest absolute Gasteiger partial charge is 0.376 e. The number of anilines is 1. The number of carbonyl (C=O) groups excluding carboxylic acids is 1. The second-order valence-electron chi connectivity index (χ2n) is 4.84. The van der Waals surface area contributed by atoms with Gasteiger partial charge in [0.05, 0.1) is 29.3 Å². The molecule has 96 valence electrons. The zero-order valence-electron chi connectivity index (χ0n) is 9.91. The number of hydrogen-bond donors (Lipinski definition) is 2. The van der Waals surface area contributed by atoms with E-state index in [1.165, 1.54) is 0 Å². The number of nitrogens with one attached hydrogen (secondary N) is 1. The lowest BCUT2D eigenvalue weighted by molar-refractivity contribution is -0.115. The second-order valence-corrected chi connectivity index (χ2v) is 5.25. The van der Waals surface area contributed by atoms with E-state index in [-0.39, 0.29) is 18.1 Å². The van der Waals surface area contributed by atoms with Crippen LogP contribution in [0, 0.1) is 0 Å². The maximum Gasteiger partial charge on any atom is 0.228 e. The Morgan fingerprint density at radius 3 is 3.06 bits per heavy atom. The van der Waals surface area contributed by atoms with Crippen LogP contribution in [0.2, 0.25) is 5.02 Å². The van der Waals surface area contributed by atoms with E-state index in [9.17, 15) is 4.79 Å². The highest BCUT2D eigenvalue weighted by atomic mass is 35.5. The van der Waals surface area contributed by atoms with E-state index in [4.69, 9.17) is 22.1 Å². The molecule has 1 aromatic carbocycles. The van der Waals surface area contributed by atoms with Crippen LogP contribution in [0.4, 0.5) is 5.69 Å². The van der Waals surface area contributed by atoms with Gasteiger partial charge in [-0.2, -0.15) is 0 Å². The van der Waals surface area contributed by atoms with Crippen LogP contribution in [-0.2, 0) is 16.0 Å². The number of rotatable bonds is 2. The van der Waals surface area contributed by atoms with Crippen LogP contribution >= 0.6 is 11.6 Å². The number of hydrogen-bond acceptors (Lipinski definition) is 3. The van der Waals surface area contributed by atoms with Crippen molar-refractivity contribution in [2.45, 2.75) is 31.4 Å². The summed E-state index contributed by atoms with van der Waals surface area (Å²) in [6.45, 7) is 0.775. The summed E-state index contributed by atoms with van der Waals surface area (Å²) in [4.78, 5) is 11.4. The first kappa shape index (κ1) is 12.0. The van der Waals surface area contributed by atoms with Crippen molar-refractivity contribution in [3.63, 3.8) is 0 Å². The van der Waals surface area contributed by atoms with Gasteiger partial charge in [0.1, 0.15) is 0 Å². The Hall–Kier alpha value is -1.10. The van der Waals surface area contributed by atoms with E-state index < -0.39 is 0 Å².